The zero-order chi connectivity index (χ0) is 18.6. The number of rotatable bonds is 5. The first-order chi connectivity index (χ1) is 13.2. The average Bonchev–Trinajstić information content (AvgIpc) is 3.21. The van der Waals surface area contributed by atoms with E-state index >= 15 is 0 Å². The van der Waals surface area contributed by atoms with Crippen LogP contribution in [-0.4, -0.2) is 41.9 Å². The van der Waals surface area contributed by atoms with Gasteiger partial charge < -0.3 is 16.0 Å². The third kappa shape index (κ3) is 3.99. The summed E-state index contributed by atoms with van der Waals surface area (Å²) in [6, 6.07) is 9.70. The van der Waals surface area contributed by atoms with Crippen LogP contribution in [0.25, 0.3) is 11.1 Å². The molecular formula is C20H21N5OS. The molecule has 0 radical (unpaired) electrons. The maximum atomic E-state index is 12.8. The SMILES string of the molecule is Nc1ccc(-c2ccncc2)cc1CC(=O)c1cnc(N2CCNCC2)s1. The lowest BCUT2D eigenvalue weighted by Crippen LogP contribution is -2.43. The number of pyridine rings is 1. The lowest BCUT2D eigenvalue weighted by atomic mass is 9.99. The van der Waals surface area contributed by atoms with Gasteiger partial charge in [-0.1, -0.05) is 17.4 Å². The molecule has 2 aromatic heterocycles. The Morgan fingerprint density at radius 2 is 1.93 bits per heavy atom. The molecule has 0 saturated carbocycles. The molecule has 1 saturated heterocycles. The lowest BCUT2D eigenvalue weighted by molar-refractivity contribution is 0.0997. The van der Waals surface area contributed by atoms with Crippen LogP contribution in [0.3, 0.4) is 0 Å². The zero-order valence-electron chi connectivity index (χ0n) is 14.9. The molecule has 6 nitrogen and oxygen atoms in total. The number of nitrogen functional groups attached to an aromatic ring is 1. The first-order valence-electron chi connectivity index (χ1n) is 8.94. The van der Waals surface area contributed by atoms with Gasteiger partial charge >= 0.3 is 0 Å². The molecule has 1 fully saturated rings. The number of ketones is 1. The normalized spacial score (nSPS) is 14.3. The predicted molar refractivity (Wildman–Crippen MR) is 109 cm³/mol. The Morgan fingerprint density at radius 1 is 1.15 bits per heavy atom. The topological polar surface area (TPSA) is 84.1 Å². The van der Waals surface area contributed by atoms with E-state index in [9.17, 15) is 4.79 Å². The van der Waals surface area contributed by atoms with Crippen LogP contribution >= 0.6 is 11.3 Å². The van der Waals surface area contributed by atoms with Gasteiger partial charge in [-0.15, -0.1) is 0 Å². The summed E-state index contributed by atoms with van der Waals surface area (Å²) in [6.45, 7) is 3.73. The van der Waals surface area contributed by atoms with Gasteiger partial charge in [0.1, 0.15) is 0 Å². The number of piperazine rings is 1. The van der Waals surface area contributed by atoms with Gasteiger partial charge in [-0.2, -0.15) is 0 Å². The largest absolute Gasteiger partial charge is 0.398 e. The molecule has 1 aliphatic rings. The summed E-state index contributed by atoms with van der Waals surface area (Å²) in [5.41, 5.74) is 9.68. The van der Waals surface area contributed by atoms with Gasteiger partial charge in [-0.05, 0) is 41.0 Å². The molecule has 0 unspecified atom stereocenters. The monoisotopic (exact) mass is 379 g/mol. The number of thiazole rings is 1. The predicted octanol–water partition coefficient (Wildman–Crippen LogP) is 2.62. The quantitative estimate of drug-likeness (QED) is 0.524. The molecular weight excluding hydrogens is 358 g/mol. The van der Waals surface area contributed by atoms with Crippen LogP contribution in [0.1, 0.15) is 15.2 Å². The highest BCUT2D eigenvalue weighted by molar-refractivity contribution is 7.17. The van der Waals surface area contributed by atoms with Crippen LogP contribution in [0.2, 0.25) is 0 Å². The number of hydrogen-bond acceptors (Lipinski definition) is 7. The molecule has 27 heavy (non-hydrogen) atoms. The Kier molecular flexibility index (Phi) is 5.13. The highest BCUT2D eigenvalue weighted by Gasteiger charge is 2.18. The first-order valence-corrected chi connectivity index (χ1v) is 9.76. The van der Waals surface area contributed by atoms with Crippen LogP contribution in [0, 0.1) is 0 Å². The fourth-order valence-corrected chi connectivity index (χ4v) is 4.04. The molecule has 0 atom stereocenters. The van der Waals surface area contributed by atoms with Gasteiger partial charge in [0.25, 0.3) is 0 Å². The van der Waals surface area contributed by atoms with E-state index in [-0.39, 0.29) is 12.2 Å². The minimum atomic E-state index is 0.0486. The van der Waals surface area contributed by atoms with Gasteiger partial charge in [0.05, 0.1) is 11.1 Å². The number of aromatic nitrogens is 2. The Morgan fingerprint density at radius 3 is 2.70 bits per heavy atom. The first kappa shape index (κ1) is 17.6. The number of anilines is 2. The highest BCUT2D eigenvalue weighted by Crippen LogP contribution is 2.27. The number of nitrogens with one attached hydrogen (secondary N) is 1. The third-order valence-electron chi connectivity index (χ3n) is 4.66. The molecule has 3 heterocycles. The van der Waals surface area contributed by atoms with Crippen molar-refractivity contribution in [1.82, 2.24) is 15.3 Å². The van der Waals surface area contributed by atoms with Crippen molar-refractivity contribution in [2.24, 2.45) is 0 Å². The van der Waals surface area contributed by atoms with E-state index < -0.39 is 0 Å². The van der Waals surface area contributed by atoms with E-state index in [4.69, 9.17) is 5.73 Å². The number of hydrogen-bond donors (Lipinski definition) is 2. The molecule has 0 spiro atoms. The van der Waals surface area contributed by atoms with Crippen molar-refractivity contribution in [3.05, 3.63) is 59.4 Å². The molecule has 3 aromatic rings. The van der Waals surface area contributed by atoms with Crippen LogP contribution < -0.4 is 16.0 Å². The molecule has 3 N–H and O–H groups in total. The smallest absolute Gasteiger partial charge is 0.186 e. The number of benzene rings is 1. The van der Waals surface area contributed by atoms with Crippen molar-refractivity contribution in [2.75, 3.05) is 36.8 Å². The van der Waals surface area contributed by atoms with Crippen LogP contribution in [0.4, 0.5) is 10.8 Å². The molecule has 0 bridgehead atoms. The summed E-state index contributed by atoms with van der Waals surface area (Å²) < 4.78 is 0. The Labute approximate surface area is 162 Å². The zero-order valence-corrected chi connectivity index (χ0v) is 15.7. The molecule has 4 rings (SSSR count). The van der Waals surface area contributed by atoms with Gasteiger partial charge in [0, 0.05) is 50.7 Å². The summed E-state index contributed by atoms with van der Waals surface area (Å²) in [6.07, 6.45) is 5.47. The third-order valence-corrected chi connectivity index (χ3v) is 5.76. The Balaban J connectivity index is 1.52. The van der Waals surface area contributed by atoms with Gasteiger partial charge in [-0.3, -0.25) is 9.78 Å². The summed E-state index contributed by atoms with van der Waals surface area (Å²) in [5, 5.41) is 4.24. The molecule has 7 heteroatoms. The van der Waals surface area contributed by atoms with Crippen molar-refractivity contribution in [3.8, 4) is 11.1 Å². The second-order valence-electron chi connectivity index (χ2n) is 6.49. The van der Waals surface area contributed by atoms with E-state index in [2.05, 4.69) is 20.2 Å². The van der Waals surface area contributed by atoms with E-state index in [1.807, 2.05) is 30.3 Å². The number of carbonyl (C=O) groups is 1. The Hall–Kier alpha value is -2.77. The Bertz CT molecular complexity index is 935. The van der Waals surface area contributed by atoms with Crippen molar-refractivity contribution < 1.29 is 4.79 Å². The molecule has 138 valence electrons. The maximum absolute atomic E-state index is 12.8. The fourth-order valence-electron chi connectivity index (χ4n) is 3.14. The standard InChI is InChI=1S/C20H21N5OS/c21-17-2-1-15(14-3-5-22-6-4-14)11-16(17)12-18(26)19-13-24-20(27-19)25-9-7-23-8-10-25/h1-6,11,13,23H,7-10,12,21H2. The molecule has 0 amide bonds. The minimum absolute atomic E-state index is 0.0486. The number of nitrogens with zero attached hydrogens (tertiary/aromatic N) is 3. The fraction of sp³-hybridized carbons (Fsp3) is 0.250. The summed E-state index contributed by atoms with van der Waals surface area (Å²) in [5.74, 6) is 0.0486. The van der Waals surface area contributed by atoms with Crippen molar-refractivity contribution >= 4 is 27.9 Å². The van der Waals surface area contributed by atoms with E-state index in [1.165, 1.54) is 11.3 Å². The minimum Gasteiger partial charge on any atom is -0.398 e. The number of nitrogens with two attached hydrogens (primary N) is 1. The lowest BCUT2D eigenvalue weighted by Gasteiger charge is -2.26. The summed E-state index contributed by atoms with van der Waals surface area (Å²) in [7, 11) is 0. The second kappa shape index (κ2) is 7.85. The highest BCUT2D eigenvalue weighted by atomic mass is 32.1. The van der Waals surface area contributed by atoms with Crippen LogP contribution in [0.5, 0.6) is 0 Å². The van der Waals surface area contributed by atoms with Gasteiger partial charge in [-0.25, -0.2) is 4.98 Å². The maximum Gasteiger partial charge on any atom is 0.186 e. The number of Topliss-reactive ketones (excluding diaryl/α,β-unsaturated/α-hetero) is 1. The summed E-state index contributed by atoms with van der Waals surface area (Å²) >= 11 is 1.46. The average molecular weight is 379 g/mol. The van der Waals surface area contributed by atoms with Crippen LogP contribution in [-0.2, 0) is 6.42 Å². The van der Waals surface area contributed by atoms with Crippen molar-refractivity contribution in [1.29, 1.82) is 0 Å². The van der Waals surface area contributed by atoms with E-state index in [0.29, 0.717) is 10.6 Å². The second-order valence-corrected chi connectivity index (χ2v) is 7.50. The van der Waals surface area contributed by atoms with Gasteiger partial charge in [0.2, 0.25) is 0 Å². The van der Waals surface area contributed by atoms with E-state index in [0.717, 1.165) is 48.0 Å². The molecule has 0 aliphatic carbocycles. The van der Waals surface area contributed by atoms with Crippen molar-refractivity contribution in [3.63, 3.8) is 0 Å². The van der Waals surface area contributed by atoms with Crippen LogP contribution in [0.15, 0.2) is 48.9 Å². The molecule has 1 aromatic carbocycles. The summed E-state index contributed by atoms with van der Waals surface area (Å²) in [4.78, 5) is 24.2. The van der Waals surface area contributed by atoms with Gasteiger partial charge in [0.15, 0.2) is 10.9 Å². The number of carbonyl (C=O) groups excluding carboxylic acids is 1. The molecule has 1 aliphatic heterocycles. The van der Waals surface area contributed by atoms with E-state index in [1.54, 1.807) is 18.6 Å². The van der Waals surface area contributed by atoms with Crippen molar-refractivity contribution in [2.45, 2.75) is 6.42 Å².